The number of carboxylic acids is 1. The highest BCUT2D eigenvalue weighted by molar-refractivity contribution is 6.30. The first-order valence-electron chi connectivity index (χ1n) is 9.84. The molecule has 0 radical (unpaired) electrons. The molecule has 0 bridgehead atoms. The van der Waals surface area contributed by atoms with Gasteiger partial charge in [0.2, 0.25) is 5.82 Å². The molecule has 1 N–H and O–H groups in total. The summed E-state index contributed by atoms with van der Waals surface area (Å²) < 4.78 is 11.2. The van der Waals surface area contributed by atoms with E-state index in [0.29, 0.717) is 23.0 Å². The molecule has 2 heterocycles. The molecule has 8 heteroatoms. The van der Waals surface area contributed by atoms with Crippen LogP contribution >= 0.6 is 11.6 Å². The normalized spacial score (nSPS) is 15.4. The van der Waals surface area contributed by atoms with E-state index in [0.717, 1.165) is 29.5 Å². The third-order valence-corrected chi connectivity index (χ3v) is 5.61. The monoisotopic (exact) mass is 427 g/mol. The molecule has 1 atom stereocenters. The van der Waals surface area contributed by atoms with Gasteiger partial charge in [-0.15, -0.1) is 0 Å². The SMILES string of the molecule is Cc1c(-c2nc(-c3cnc(Cl)c(OC(C)C)c3)no2)ccc2c1CC[C@@H]2CC(=O)O. The van der Waals surface area contributed by atoms with E-state index in [1.807, 2.05) is 32.9 Å². The van der Waals surface area contributed by atoms with Crippen molar-refractivity contribution >= 4 is 17.6 Å². The number of benzene rings is 1. The second-order valence-corrected chi connectivity index (χ2v) is 8.10. The lowest BCUT2D eigenvalue weighted by Gasteiger charge is -2.11. The average molecular weight is 428 g/mol. The van der Waals surface area contributed by atoms with Crippen molar-refractivity contribution in [2.45, 2.75) is 52.1 Å². The summed E-state index contributed by atoms with van der Waals surface area (Å²) >= 11 is 6.11. The molecule has 0 unspecified atom stereocenters. The maximum absolute atomic E-state index is 11.1. The summed E-state index contributed by atoms with van der Waals surface area (Å²) in [6.07, 6.45) is 3.39. The molecule has 0 aliphatic heterocycles. The number of halogens is 1. The Morgan fingerprint density at radius 3 is 2.93 bits per heavy atom. The molecule has 0 amide bonds. The Labute approximate surface area is 179 Å². The van der Waals surface area contributed by atoms with E-state index in [-0.39, 0.29) is 23.6 Å². The first-order valence-corrected chi connectivity index (χ1v) is 10.2. The van der Waals surface area contributed by atoms with Crippen LogP contribution in [0.5, 0.6) is 5.75 Å². The molecule has 4 rings (SSSR count). The van der Waals surface area contributed by atoms with Crippen LogP contribution in [-0.4, -0.2) is 32.3 Å². The standard InChI is InChI=1S/C22H22ClN3O4/c1-11(2)29-18-8-14(10-24-20(18)23)21-25-22(30-26-21)16-6-7-17-13(9-19(27)28)4-5-15(17)12(16)3/h6-8,10-11,13H,4-5,9H2,1-3H3,(H,27,28)/t13-/m1/s1. The van der Waals surface area contributed by atoms with Crippen LogP contribution in [-0.2, 0) is 11.2 Å². The quantitative estimate of drug-likeness (QED) is 0.549. The van der Waals surface area contributed by atoms with E-state index in [2.05, 4.69) is 15.1 Å². The van der Waals surface area contributed by atoms with Crippen LogP contribution in [0.25, 0.3) is 22.8 Å². The van der Waals surface area contributed by atoms with E-state index in [4.69, 9.17) is 26.0 Å². The van der Waals surface area contributed by atoms with Gasteiger partial charge < -0.3 is 14.4 Å². The Bertz CT molecular complexity index is 1110. The van der Waals surface area contributed by atoms with Gasteiger partial charge in [0.15, 0.2) is 10.9 Å². The van der Waals surface area contributed by atoms with Crippen LogP contribution in [0.1, 0.15) is 49.3 Å². The summed E-state index contributed by atoms with van der Waals surface area (Å²) in [5, 5.41) is 13.5. The van der Waals surface area contributed by atoms with Gasteiger partial charge in [0.05, 0.1) is 12.5 Å². The van der Waals surface area contributed by atoms with E-state index in [1.165, 1.54) is 5.56 Å². The number of aliphatic carboxylic acids is 1. The Morgan fingerprint density at radius 2 is 2.20 bits per heavy atom. The summed E-state index contributed by atoms with van der Waals surface area (Å²) in [6.45, 7) is 5.83. The van der Waals surface area contributed by atoms with Crippen LogP contribution < -0.4 is 4.74 Å². The Balaban J connectivity index is 1.65. The molecular weight excluding hydrogens is 406 g/mol. The molecular formula is C22H22ClN3O4. The summed E-state index contributed by atoms with van der Waals surface area (Å²) in [5.74, 6) is 0.560. The van der Waals surface area contributed by atoms with E-state index < -0.39 is 5.97 Å². The zero-order valence-electron chi connectivity index (χ0n) is 17.0. The van der Waals surface area contributed by atoms with Gasteiger partial charge in [0.1, 0.15) is 0 Å². The van der Waals surface area contributed by atoms with Gasteiger partial charge in [-0.25, -0.2) is 4.98 Å². The molecule has 1 aromatic carbocycles. The average Bonchev–Trinajstić information content (AvgIpc) is 3.31. The molecule has 3 aromatic rings. The fraction of sp³-hybridized carbons (Fsp3) is 0.364. The van der Waals surface area contributed by atoms with Crippen LogP contribution in [0.2, 0.25) is 5.15 Å². The fourth-order valence-electron chi connectivity index (χ4n) is 3.96. The fourth-order valence-corrected chi connectivity index (χ4v) is 4.11. The highest BCUT2D eigenvalue weighted by atomic mass is 35.5. The molecule has 156 valence electrons. The number of hydrogen-bond donors (Lipinski definition) is 1. The summed E-state index contributed by atoms with van der Waals surface area (Å²) in [7, 11) is 0. The van der Waals surface area contributed by atoms with Gasteiger partial charge in [0, 0.05) is 17.3 Å². The van der Waals surface area contributed by atoms with Crippen LogP contribution in [0, 0.1) is 6.92 Å². The minimum atomic E-state index is -0.770. The lowest BCUT2D eigenvalue weighted by molar-refractivity contribution is -0.137. The minimum absolute atomic E-state index is 0.0422. The predicted octanol–water partition coefficient (Wildman–Crippen LogP) is 5.05. The van der Waals surface area contributed by atoms with E-state index >= 15 is 0 Å². The summed E-state index contributed by atoms with van der Waals surface area (Å²) in [6, 6.07) is 5.66. The van der Waals surface area contributed by atoms with Crippen LogP contribution in [0.3, 0.4) is 0 Å². The molecule has 2 aromatic heterocycles. The minimum Gasteiger partial charge on any atom is -0.488 e. The topological polar surface area (TPSA) is 98.3 Å². The Hall–Kier alpha value is -2.93. The number of hydrogen-bond acceptors (Lipinski definition) is 6. The lowest BCUT2D eigenvalue weighted by atomic mass is 9.94. The maximum Gasteiger partial charge on any atom is 0.303 e. The zero-order valence-corrected chi connectivity index (χ0v) is 17.7. The highest BCUT2D eigenvalue weighted by Crippen LogP contribution is 2.40. The van der Waals surface area contributed by atoms with Crippen molar-refractivity contribution in [1.29, 1.82) is 0 Å². The maximum atomic E-state index is 11.1. The predicted molar refractivity (Wildman–Crippen MR) is 112 cm³/mol. The second kappa shape index (κ2) is 8.07. The number of nitrogens with zero attached hydrogens (tertiary/aromatic N) is 3. The van der Waals surface area contributed by atoms with Gasteiger partial charge in [0.25, 0.3) is 5.89 Å². The van der Waals surface area contributed by atoms with Crippen molar-refractivity contribution in [1.82, 2.24) is 15.1 Å². The van der Waals surface area contributed by atoms with Crippen molar-refractivity contribution in [3.8, 4) is 28.6 Å². The van der Waals surface area contributed by atoms with Crippen molar-refractivity contribution in [2.24, 2.45) is 0 Å². The van der Waals surface area contributed by atoms with Crippen molar-refractivity contribution in [3.05, 3.63) is 46.2 Å². The van der Waals surface area contributed by atoms with Crippen molar-refractivity contribution < 1.29 is 19.2 Å². The van der Waals surface area contributed by atoms with Gasteiger partial charge in [-0.3, -0.25) is 4.79 Å². The van der Waals surface area contributed by atoms with Crippen molar-refractivity contribution in [2.75, 3.05) is 0 Å². The van der Waals surface area contributed by atoms with Crippen molar-refractivity contribution in [3.63, 3.8) is 0 Å². The molecule has 30 heavy (non-hydrogen) atoms. The highest BCUT2D eigenvalue weighted by Gasteiger charge is 2.28. The van der Waals surface area contributed by atoms with Crippen LogP contribution in [0.15, 0.2) is 28.9 Å². The summed E-state index contributed by atoms with van der Waals surface area (Å²) in [4.78, 5) is 19.8. The molecule has 0 fully saturated rings. The number of carboxylic acid groups (broad SMARTS) is 1. The molecule has 1 aliphatic carbocycles. The molecule has 0 saturated carbocycles. The summed E-state index contributed by atoms with van der Waals surface area (Å²) in [5.41, 5.74) is 4.83. The molecule has 0 saturated heterocycles. The lowest BCUT2D eigenvalue weighted by Crippen LogP contribution is -2.06. The smallest absolute Gasteiger partial charge is 0.303 e. The first kappa shape index (κ1) is 20.3. The van der Waals surface area contributed by atoms with Gasteiger partial charge in [-0.05, 0) is 68.4 Å². The Morgan fingerprint density at radius 1 is 1.40 bits per heavy atom. The molecule has 0 spiro atoms. The number of rotatable bonds is 6. The third kappa shape index (κ3) is 3.89. The van der Waals surface area contributed by atoms with Gasteiger partial charge in [-0.1, -0.05) is 22.8 Å². The third-order valence-electron chi connectivity index (χ3n) is 5.32. The van der Waals surface area contributed by atoms with E-state index in [9.17, 15) is 4.79 Å². The van der Waals surface area contributed by atoms with Gasteiger partial charge in [-0.2, -0.15) is 4.98 Å². The number of pyridine rings is 1. The first-order chi connectivity index (χ1) is 14.3. The van der Waals surface area contributed by atoms with Gasteiger partial charge >= 0.3 is 5.97 Å². The number of ether oxygens (including phenoxy) is 1. The molecule has 7 nitrogen and oxygen atoms in total. The largest absolute Gasteiger partial charge is 0.488 e. The Kier molecular flexibility index (Phi) is 5.47. The number of fused-ring (bicyclic) bond motifs is 1. The molecule has 1 aliphatic rings. The zero-order chi connectivity index (χ0) is 21.4. The van der Waals surface area contributed by atoms with Crippen LogP contribution in [0.4, 0.5) is 0 Å². The second-order valence-electron chi connectivity index (χ2n) is 7.74. The van der Waals surface area contributed by atoms with E-state index in [1.54, 1.807) is 12.3 Å². The number of carbonyl (C=O) groups is 1. The number of aromatic nitrogens is 3.